The number of benzene rings is 2. The third kappa shape index (κ3) is 3.52. The van der Waals surface area contributed by atoms with Crippen molar-refractivity contribution >= 4 is 15.9 Å². The standard InChI is InChI=1S/C14H11BrF2O2/c15-11-3-1-2-9(4-11)8-19-14-12(16)5-10(7-18)6-13(14)17/h1-6,18H,7-8H2. The Hall–Kier alpha value is -1.46. The Balaban J connectivity index is 2.16. The van der Waals surface area contributed by atoms with Crippen LogP contribution in [0.2, 0.25) is 0 Å². The number of halogens is 3. The smallest absolute Gasteiger partial charge is 0.191 e. The van der Waals surface area contributed by atoms with Gasteiger partial charge in [-0.25, -0.2) is 8.78 Å². The highest BCUT2D eigenvalue weighted by Crippen LogP contribution is 2.24. The molecule has 0 fully saturated rings. The van der Waals surface area contributed by atoms with E-state index >= 15 is 0 Å². The largest absolute Gasteiger partial charge is 0.483 e. The summed E-state index contributed by atoms with van der Waals surface area (Å²) in [5.41, 5.74) is 0.962. The number of hydrogen-bond acceptors (Lipinski definition) is 2. The third-order valence-corrected chi connectivity index (χ3v) is 3.01. The molecule has 0 aliphatic carbocycles. The van der Waals surface area contributed by atoms with Crippen molar-refractivity contribution in [1.82, 2.24) is 0 Å². The van der Waals surface area contributed by atoms with Crippen LogP contribution >= 0.6 is 15.9 Å². The zero-order valence-corrected chi connectivity index (χ0v) is 11.5. The minimum Gasteiger partial charge on any atom is -0.483 e. The van der Waals surface area contributed by atoms with E-state index in [9.17, 15) is 8.78 Å². The summed E-state index contributed by atoms with van der Waals surface area (Å²) in [6, 6.07) is 9.37. The lowest BCUT2D eigenvalue weighted by Gasteiger charge is -2.09. The number of hydrogen-bond donors (Lipinski definition) is 1. The summed E-state index contributed by atoms with van der Waals surface area (Å²) in [7, 11) is 0. The van der Waals surface area contributed by atoms with Crippen LogP contribution in [0.15, 0.2) is 40.9 Å². The fourth-order valence-corrected chi connectivity index (χ4v) is 2.07. The molecule has 2 aromatic rings. The van der Waals surface area contributed by atoms with Crippen molar-refractivity contribution in [3.8, 4) is 5.75 Å². The van der Waals surface area contributed by atoms with Crippen LogP contribution < -0.4 is 4.74 Å². The SMILES string of the molecule is OCc1cc(F)c(OCc2cccc(Br)c2)c(F)c1. The zero-order chi connectivity index (χ0) is 13.8. The summed E-state index contributed by atoms with van der Waals surface area (Å²) in [5, 5.41) is 8.84. The van der Waals surface area contributed by atoms with Crippen molar-refractivity contribution < 1.29 is 18.6 Å². The monoisotopic (exact) mass is 328 g/mol. The molecule has 0 spiro atoms. The molecule has 5 heteroatoms. The molecule has 19 heavy (non-hydrogen) atoms. The Labute approximate surface area is 117 Å². The van der Waals surface area contributed by atoms with E-state index in [1.54, 1.807) is 12.1 Å². The lowest BCUT2D eigenvalue weighted by atomic mass is 10.2. The molecule has 0 atom stereocenters. The Morgan fingerprint density at radius 3 is 2.32 bits per heavy atom. The maximum atomic E-state index is 13.6. The summed E-state index contributed by atoms with van der Waals surface area (Å²) in [6.07, 6.45) is 0. The Kier molecular flexibility index (Phi) is 4.50. The summed E-state index contributed by atoms with van der Waals surface area (Å²) < 4.78 is 33.2. The molecule has 0 radical (unpaired) electrons. The second kappa shape index (κ2) is 6.12. The van der Waals surface area contributed by atoms with Crippen molar-refractivity contribution in [2.45, 2.75) is 13.2 Å². The van der Waals surface area contributed by atoms with E-state index in [1.165, 1.54) is 0 Å². The maximum Gasteiger partial charge on any atom is 0.191 e. The fraction of sp³-hybridized carbons (Fsp3) is 0.143. The van der Waals surface area contributed by atoms with E-state index in [1.807, 2.05) is 12.1 Å². The summed E-state index contributed by atoms with van der Waals surface area (Å²) in [6.45, 7) is -0.356. The molecule has 0 aliphatic rings. The van der Waals surface area contributed by atoms with Gasteiger partial charge >= 0.3 is 0 Å². The average Bonchev–Trinajstić information content (AvgIpc) is 2.37. The Morgan fingerprint density at radius 2 is 1.74 bits per heavy atom. The quantitative estimate of drug-likeness (QED) is 0.925. The van der Waals surface area contributed by atoms with E-state index in [-0.39, 0.29) is 12.2 Å². The molecular weight excluding hydrogens is 318 g/mol. The van der Waals surface area contributed by atoms with Gasteiger partial charge in [-0.1, -0.05) is 28.1 Å². The van der Waals surface area contributed by atoms with E-state index in [4.69, 9.17) is 9.84 Å². The molecule has 0 bridgehead atoms. The molecule has 0 saturated heterocycles. The highest BCUT2D eigenvalue weighted by molar-refractivity contribution is 9.10. The minimum absolute atomic E-state index is 0.0613. The second-order valence-corrected chi connectivity index (χ2v) is 4.88. The van der Waals surface area contributed by atoms with E-state index in [0.29, 0.717) is 0 Å². The minimum atomic E-state index is -0.820. The van der Waals surface area contributed by atoms with Crippen molar-refractivity contribution in [3.63, 3.8) is 0 Å². The molecule has 0 aromatic heterocycles. The first kappa shape index (κ1) is 14.0. The van der Waals surface area contributed by atoms with Gasteiger partial charge in [-0.05, 0) is 35.4 Å². The van der Waals surface area contributed by atoms with Gasteiger partial charge in [-0.3, -0.25) is 0 Å². The van der Waals surface area contributed by atoms with Gasteiger partial charge < -0.3 is 9.84 Å². The third-order valence-electron chi connectivity index (χ3n) is 2.51. The maximum absolute atomic E-state index is 13.6. The molecule has 2 nitrogen and oxygen atoms in total. The molecule has 100 valence electrons. The van der Waals surface area contributed by atoms with Gasteiger partial charge in [0.15, 0.2) is 17.4 Å². The molecule has 0 heterocycles. The normalized spacial score (nSPS) is 10.5. The molecule has 2 aromatic carbocycles. The molecule has 0 aliphatic heterocycles. The van der Waals surface area contributed by atoms with E-state index in [0.717, 1.165) is 22.2 Å². The summed E-state index contributed by atoms with van der Waals surface area (Å²) >= 11 is 3.30. The van der Waals surface area contributed by atoms with Gasteiger partial charge in [0.25, 0.3) is 0 Å². The molecule has 0 unspecified atom stereocenters. The van der Waals surface area contributed by atoms with Crippen LogP contribution in [0.5, 0.6) is 5.75 Å². The lowest BCUT2D eigenvalue weighted by molar-refractivity contribution is 0.266. The van der Waals surface area contributed by atoms with Crippen LogP contribution in [0.4, 0.5) is 8.78 Å². The van der Waals surface area contributed by atoms with Crippen molar-refractivity contribution in [2.24, 2.45) is 0 Å². The first-order valence-corrected chi connectivity index (χ1v) is 6.35. The summed E-state index contributed by atoms with van der Waals surface area (Å²) in [4.78, 5) is 0. The van der Waals surface area contributed by atoms with E-state index < -0.39 is 24.0 Å². The van der Waals surface area contributed by atoms with Crippen LogP contribution in [0.1, 0.15) is 11.1 Å². The van der Waals surface area contributed by atoms with E-state index in [2.05, 4.69) is 15.9 Å². The van der Waals surface area contributed by atoms with Crippen LogP contribution in [-0.2, 0) is 13.2 Å². The number of rotatable bonds is 4. The predicted octanol–water partition coefficient (Wildman–Crippen LogP) is 3.80. The predicted molar refractivity (Wildman–Crippen MR) is 70.8 cm³/mol. The number of ether oxygens (including phenoxy) is 1. The van der Waals surface area contributed by atoms with Gasteiger partial charge in [0.05, 0.1) is 6.61 Å². The van der Waals surface area contributed by atoms with Gasteiger partial charge in [0.1, 0.15) is 6.61 Å². The molecule has 2 rings (SSSR count). The number of aliphatic hydroxyl groups excluding tert-OH is 1. The summed E-state index contributed by atoms with van der Waals surface area (Å²) in [5.74, 6) is -2.07. The van der Waals surface area contributed by atoms with Crippen LogP contribution in [-0.4, -0.2) is 5.11 Å². The first-order chi connectivity index (χ1) is 9.10. The average molecular weight is 329 g/mol. The van der Waals surface area contributed by atoms with Gasteiger partial charge in [-0.15, -0.1) is 0 Å². The Bertz CT molecular complexity index is 564. The molecule has 1 N–H and O–H groups in total. The molecular formula is C14H11BrF2O2. The Morgan fingerprint density at radius 1 is 1.05 bits per heavy atom. The molecule has 0 saturated carbocycles. The van der Waals surface area contributed by atoms with Gasteiger partial charge in [0.2, 0.25) is 0 Å². The molecule has 0 amide bonds. The fourth-order valence-electron chi connectivity index (χ4n) is 1.62. The first-order valence-electron chi connectivity index (χ1n) is 5.56. The van der Waals surface area contributed by atoms with Crippen molar-refractivity contribution in [3.05, 3.63) is 63.6 Å². The van der Waals surface area contributed by atoms with Crippen molar-refractivity contribution in [2.75, 3.05) is 0 Å². The highest BCUT2D eigenvalue weighted by Gasteiger charge is 2.12. The van der Waals surface area contributed by atoms with Crippen LogP contribution in [0.3, 0.4) is 0 Å². The topological polar surface area (TPSA) is 29.5 Å². The van der Waals surface area contributed by atoms with Crippen LogP contribution in [0.25, 0.3) is 0 Å². The van der Waals surface area contributed by atoms with Gasteiger partial charge in [-0.2, -0.15) is 0 Å². The highest BCUT2D eigenvalue weighted by atomic mass is 79.9. The van der Waals surface area contributed by atoms with Crippen molar-refractivity contribution in [1.29, 1.82) is 0 Å². The van der Waals surface area contributed by atoms with Crippen LogP contribution in [0, 0.1) is 11.6 Å². The second-order valence-electron chi connectivity index (χ2n) is 3.97. The number of aliphatic hydroxyl groups is 1. The zero-order valence-electron chi connectivity index (χ0n) is 9.87. The van der Waals surface area contributed by atoms with Gasteiger partial charge in [0, 0.05) is 4.47 Å². The lowest BCUT2D eigenvalue weighted by Crippen LogP contribution is -2.01.